The Morgan fingerprint density at radius 3 is 2.43 bits per heavy atom. The second-order valence-corrected chi connectivity index (χ2v) is 8.16. The predicted octanol–water partition coefficient (Wildman–Crippen LogP) is 2.79. The Bertz CT molecular complexity index is 1080. The highest BCUT2D eigenvalue weighted by molar-refractivity contribution is 7.89. The molecule has 0 saturated heterocycles. The lowest BCUT2D eigenvalue weighted by Crippen LogP contribution is -2.26. The Balaban J connectivity index is 1.89. The number of amides is 1. The highest BCUT2D eigenvalue weighted by Gasteiger charge is 2.34. The summed E-state index contributed by atoms with van der Waals surface area (Å²) in [5.74, 6) is -1.65. The molecule has 1 amide bonds. The summed E-state index contributed by atoms with van der Waals surface area (Å²) in [6.07, 6.45) is -3.50. The monoisotopic (exact) mass is 412 g/mol. The summed E-state index contributed by atoms with van der Waals surface area (Å²) in [6, 6.07) is 8.35. The number of hydrogen-bond donors (Lipinski definition) is 2. The lowest BCUT2D eigenvalue weighted by atomic mass is 10.1. The van der Waals surface area contributed by atoms with E-state index in [0.29, 0.717) is 22.8 Å². The van der Waals surface area contributed by atoms with E-state index in [1.54, 1.807) is 18.2 Å². The van der Waals surface area contributed by atoms with Crippen LogP contribution < -0.4 is 5.73 Å². The number of carbonyl (C=O) groups excluding carboxylic acids is 1. The zero-order valence-electron chi connectivity index (χ0n) is 14.3. The SMILES string of the molecule is NC(=O)/C(O)=C/c1ccc2c(c1)CN(S(=O)(=O)c1cccc(C(F)(F)F)c1)C2. The third-order valence-electron chi connectivity index (χ3n) is 4.28. The number of fused-ring (bicyclic) bond motifs is 1. The highest BCUT2D eigenvalue weighted by atomic mass is 32.2. The molecule has 6 nitrogen and oxygen atoms in total. The number of sulfonamides is 1. The van der Waals surface area contributed by atoms with Gasteiger partial charge in [0.15, 0.2) is 5.76 Å². The van der Waals surface area contributed by atoms with Crippen LogP contribution in [0.2, 0.25) is 0 Å². The van der Waals surface area contributed by atoms with Crippen molar-refractivity contribution in [3.63, 3.8) is 0 Å². The normalized spacial score (nSPS) is 15.5. The third-order valence-corrected chi connectivity index (χ3v) is 6.07. The van der Waals surface area contributed by atoms with Crippen LogP contribution in [-0.2, 0) is 34.1 Å². The van der Waals surface area contributed by atoms with E-state index < -0.39 is 38.3 Å². The Labute approximate surface area is 158 Å². The first-order valence-electron chi connectivity index (χ1n) is 7.98. The molecule has 0 saturated carbocycles. The largest absolute Gasteiger partial charge is 0.503 e. The van der Waals surface area contributed by atoms with Gasteiger partial charge in [-0.1, -0.05) is 18.2 Å². The first-order valence-corrected chi connectivity index (χ1v) is 9.42. The highest BCUT2D eigenvalue weighted by Crippen LogP contribution is 2.33. The molecule has 28 heavy (non-hydrogen) atoms. The fourth-order valence-electron chi connectivity index (χ4n) is 2.85. The summed E-state index contributed by atoms with van der Waals surface area (Å²) in [4.78, 5) is 10.5. The Kier molecular flexibility index (Phi) is 4.94. The molecule has 10 heteroatoms. The van der Waals surface area contributed by atoms with Gasteiger partial charge in [0.05, 0.1) is 10.5 Å². The molecule has 1 aliphatic heterocycles. The van der Waals surface area contributed by atoms with Crippen LogP contribution in [0.15, 0.2) is 53.1 Å². The first-order chi connectivity index (χ1) is 13.0. The van der Waals surface area contributed by atoms with E-state index >= 15 is 0 Å². The number of aliphatic hydroxyl groups excluding tert-OH is 1. The lowest BCUT2D eigenvalue weighted by Gasteiger charge is -2.16. The molecule has 3 rings (SSSR count). The molecule has 2 aromatic carbocycles. The van der Waals surface area contributed by atoms with Gasteiger partial charge in [0.2, 0.25) is 10.0 Å². The number of benzene rings is 2. The van der Waals surface area contributed by atoms with Crippen molar-refractivity contribution in [2.45, 2.75) is 24.2 Å². The summed E-state index contributed by atoms with van der Waals surface area (Å²) < 4.78 is 65.3. The van der Waals surface area contributed by atoms with Gasteiger partial charge in [0, 0.05) is 13.1 Å². The number of primary amides is 1. The number of hydrogen-bond acceptors (Lipinski definition) is 4. The maximum atomic E-state index is 12.9. The fraction of sp³-hybridized carbons (Fsp3) is 0.167. The summed E-state index contributed by atoms with van der Waals surface area (Å²) in [6.45, 7) is -0.0490. The van der Waals surface area contributed by atoms with Crippen molar-refractivity contribution in [1.29, 1.82) is 0 Å². The fourth-order valence-corrected chi connectivity index (χ4v) is 4.30. The zero-order chi connectivity index (χ0) is 20.7. The molecular formula is C18H15F3N2O4S. The lowest BCUT2D eigenvalue weighted by molar-refractivity contribution is -0.137. The molecule has 2 aromatic rings. The Morgan fingerprint density at radius 1 is 1.11 bits per heavy atom. The van der Waals surface area contributed by atoms with Crippen LogP contribution in [0.25, 0.3) is 6.08 Å². The van der Waals surface area contributed by atoms with Gasteiger partial charge in [-0.15, -0.1) is 0 Å². The number of alkyl halides is 3. The van der Waals surface area contributed by atoms with Crippen molar-refractivity contribution < 1.29 is 31.5 Å². The van der Waals surface area contributed by atoms with Crippen molar-refractivity contribution in [3.8, 4) is 0 Å². The number of carbonyl (C=O) groups is 1. The number of nitrogens with zero attached hydrogens (tertiary/aromatic N) is 1. The topological polar surface area (TPSA) is 101 Å². The maximum Gasteiger partial charge on any atom is 0.416 e. The summed E-state index contributed by atoms with van der Waals surface area (Å²) in [5, 5.41) is 9.44. The zero-order valence-corrected chi connectivity index (χ0v) is 15.1. The van der Waals surface area contributed by atoms with E-state index in [2.05, 4.69) is 0 Å². The van der Waals surface area contributed by atoms with Gasteiger partial charge in [-0.3, -0.25) is 4.79 Å². The van der Waals surface area contributed by atoms with E-state index in [-0.39, 0.29) is 13.1 Å². The van der Waals surface area contributed by atoms with Gasteiger partial charge in [-0.05, 0) is 47.0 Å². The van der Waals surface area contributed by atoms with Crippen molar-refractivity contribution in [2.24, 2.45) is 5.73 Å². The minimum absolute atomic E-state index is 0.000290. The molecule has 0 bridgehead atoms. The molecule has 0 radical (unpaired) electrons. The standard InChI is InChI=1S/C18H15F3N2O4S/c19-18(20,21)14-2-1-3-15(8-14)28(26,27)23-9-12-5-4-11(6-13(12)10-23)7-16(24)17(22)25/h1-8,24H,9-10H2,(H2,22,25)/b16-7-. The van der Waals surface area contributed by atoms with E-state index in [1.165, 1.54) is 0 Å². The van der Waals surface area contributed by atoms with Crippen LogP contribution in [0, 0.1) is 0 Å². The van der Waals surface area contributed by atoms with Gasteiger partial charge < -0.3 is 10.8 Å². The van der Waals surface area contributed by atoms with E-state index in [1.807, 2.05) is 0 Å². The van der Waals surface area contributed by atoms with Gasteiger partial charge in [-0.25, -0.2) is 8.42 Å². The first kappa shape index (κ1) is 19.9. The van der Waals surface area contributed by atoms with Crippen molar-refractivity contribution in [1.82, 2.24) is 4.31 Å². The van der Waals surface area contributed by atoms with Crippen LogP contribution in [-0.4, -0.2) is 23.7 Å². The quantitative estimate of drug-likeness (QED) is 0.596. The molecule has 1 heterocycles. The number of rotatable bonds is 4. The van der Waals surface area contributed by atoms with Crippen molar-refractivity contribution in [3.05, 3.63) is 70.5 Å². The van der Waals surface area contributed by atoms with Gasteiger partial charge in [0.25, 0.3) is 5.91 Å². The molecule has 3 N–H and O–H groups in total. The maximum absolute atomic E-state index is 12.9. The number of aliphatic hydroxyl groups is 1. The molecule has 0 aromatic heterocycles. The van der Waals surface area contributed by atoms with Crippen LogP contribution in [0.4, 0.5) is 13.2 Å². The van der Waals surface area contributed by atoms with Gasteiger partial charge >= 0.3 is 6.18 Å². The molecule has 1 aliphatic rings. The Hall–Kier alpha value is -2.85. The molecule has 0 atom stereocenters. The van der Waals surface area contributed by atoms with Gasteiger partial charge in [0.1, 0.15) is 0 Å². The molecule has 0 aliphatic carbocycles. The van der Waals surface area contributed by atoms with Crippen molar-refractivity contribution in [2.75, 3.05) is 0 Å². The Morgan fingerprint density at radius 2 is 1.79 bits per heavy atom. The minimum Gasteiger partial charge on any atom is -0.503 e. The molecule has 0 unspecified atom stereocenters. The summed E-state index contributed by atoms with van der Waals surface area (Å²) in [7, 11) is -4.14. The predicted molar refractivity (Wildman–Crippen MR) is 94.1 cm³/mol. The number of halogens is 3. The average Bonchev–Trinajstić information content (AvgIpc) is 3.05. The minimum atomic E-state index is -4.65. The van der Waals surface area contributed by atoms with Crippen LogP contribution in [0.1, 0.15) is 22.3 Å². The van der Waals surface area contributed by atoms with E-state index in [0.717, 1.165) is 28.6 Å². The second-order valence-electron chi connectivity index (χ2n) is 6.22. The van der Waals surface area contributed by atoms with Crippen LogP contribution in [0.5, 0.6) is 0 Å². The summed E-state index contributed by atoms with van der Waals surface area (Å²) >= 11 is 0. The van der Waals surface area contributed by atoms with Crippen molar-refractivity contribution >= 4 is 22.0 Å². The van der Waals surface area contributed by atoms with Gasteiger partial charge in [-0.2, -0.15) is 17.5 Å². The summed E-state index contributed by atoms with van der Waals surface area (Å²) in [5.41, 5.74) is 5.64. The van der Waals surface area contributed by atoms with Crippen LogP contribution >= 0.6 is 0 Å². The molecule has 148 valence electrons. The average molecular weight is 412 g/mol. The van der Waals surface area contributed by atoms with E-state index in [4.69, 9.17) is 5.73 Å². The molecule has 0 spiro atoms. The third kappa shape index (κ3) is 3.87. The molecule has 0 fully saturated rings. The van der Waals surface area contributed by atoms with Crippen LogP contribution in [0.3, 0.4) is 0 Å². The smallest absolute Gasteiger partial charge is 0.416 e. The second kappa shape index (κ2) is 6.95. The van der Waals surface area contributed by atoms with E-state index in [9.17, 15) is 31.5 Å². The molecular weight excluding hydrogens is 397 g/mol. The number of nitrogens with two attached hydrogens (primary N) is 1.